The molecule has 2 N–H and O–H groups in total. The zero-order chi connectivity index (χ0) is 17.6. The molecule has 1 saturated heterocycles. The second kappa shape index (κ2) is 8.27. The Bertz CT molecular complexity index is 705. The van der Waals surface area contributed by atoms with Gasteiger partial charge in [0, 0.05) is 12.6 Å². The van der Waals surface area contributed by atoms with Crippen LogP contribution in [0.2, 0.25) is 0 Å². The molecule has 5 nitrogen and oxygen atoms in total. The number of carbonyl (C=O) groups is 2. The van der Waals surface area contributed by atoms with E-state index in [0.717, 1.165) is 44.0 Å². The van der Waals surface area contributed by atoms with Crippen molar-refractivity contribution in [2.24, 2.45) is 0 Å². The predicted molar refractivity (Wildman–Crippen MR) is 99.7 cm³/mol. The number of amides is 2. The van der Waals surface area contributed by atoms with Crippen LogP contribution in [0, 0.1) is 0 Å². The molecule has 1 aliphatic heterocycles. The molecule has 0 aliphatic carbocycles. The summed E-state index contributed by atoms with van der Waals surface area (Å²) in [6.45, 7) is 6.20. The van der Waals surface area contributed by atoms with Crippen LogP contribution < -0.4 is 10.2 Å². The Morgan fingerprint density at radius 1 is 1.16 bits per heavy atom. The van der Waals surface area contributed by atoms with E-state index in [1.807, 2.05) is 29.2 Å². The Labute approximate surface area is 152 Å². The Morgan fingerprint density at radius 2 is 1.88 bits per heavy atom. The molecule has 0 saturated carbocycles. The molecular formula is C19H24N3O2S+. The van der Waals surface area contributed by atoms with Gasteiger partial charge in [0.25, 0.3) is 0 Å². The third-order valence-corrected chi connectivity index (χ3v) is 5.33. The van der Waals surface area contributed by atoms with Crippen LogP contribution in [0.3, 0.4) is 0 Å². The number of anilines is 1. The van der Waals surface area contributed by atoms with Gasteiger partial charge in [0.2, 0.25) is 11.8 Å². The van der Waals surface area contributed by atoms with Crippen molar-refractivity contribution in [3.8, 4) is 0 Å². The van der Waals surface area contributed by atoms with Gasteiger partial charge in [-0.1, -0.05) is 18.2 Å². The quantitative estimate of drug-likeness (QED) is 0.843. The first-order valence-corrected chi connectivity index (χ1v) is 9.48. The Kier molecular flexibility index (Phi) is 5.83. The molecule has 1 aromatic carbocycles. The third kappa shape index (κ3) is 5.14. The number of carbonyl (C=O) groups excluding carboxylic acids is 2. The molecule has 0 atom stereocenters. The highest BCUT2D eigenvalue weighted by molar-refractivity contribution is 7.09. The summed E-state index contributed by atoms with van der Waals surface area (Å²) in [6, 6.07) is 11.8. The van der Waals surface area contributed by atoms with Crippen molar-refractivity contribution in [1.29, 1.82) is 0 Å². The molecule has 2 amide bonds. The van der Waals surface area contributed by atoms with Crippen LogP contribution in [0.15, 0.2) is 41.8 Å². The van der Waals surface area contributed by atoms with Gasteiger partial charge in [-0.15, -0.1) is 11.3 Å². The average molecular weight is 358 g/mol. The van der Waals surface area contributed by atoms with Crippen LogP contribution in [-0.2, 0) is 22.6 Å². The number of benzene rings is 1. The lowest BCUT2D eigenvalue weighted by atomic mass is 10.1. The van der Waals surface area contributed by atoms with Crippen molar-refractivity contribution in [2.45, 2.75) is 19.9 Å². The highest BCUT2D eigenvalue weighted by Gasteiger charge is 2.23. The molecule has 2 aromatic rings. The van der Waals surface area contributed by atoms with E-state index >= 15 is 0 Å². The Hall–Kier alpha value is -2.18. The first kappa shape index (κ1) is 17.6. The summed E-state index contributed by atoms with van der Waals surface area (Å²) in [5.74, 6) is 0.0918. The summed E-state index contributed by atoms with van der Waals surface area (Å²) < 4.78 is 0. The zero-order valence-corrected chi connectivity index (χ0v) is 15.3. The van der Waals surface area contributed by atoms with E-state index in [1.54, 1.807) is 16.2 Å². The van der Waals surface area contributed by atoms with Crippen LogP contribution in [0.4, 0.5) is 5.69 Å². The van der Waals surface area contributed by atoms with Crippen LogP contribution >= 0.6 is 11.3 Å². The fraction of sp³-hybridized carbons (Fsp3) is 0.368. The zero-order valence-electron chi connectivity index (χ0n) is 14.5. The third-order valence-electron chi connectivity index (χ3n) is 4.46. The van der Waals surface area contributed by atoms with Gasteiger partial charge in [0.1, 0.15) is 6.54 Å². The maximum Gasteiger partial charge on any atom is 0.227 e. The maximum atomic E-state index is 12.5. The van der Waals surface area contributed by atoms with Gasteiger partial charge in [0.05, 0.1) is 37.5 Å². The molecule has 0 unspecified atom stereocenters. The lowest BCUT2D eigenvalue weighted by molar-refractivity contribution is -0.917. The Morgan fingerprint density at radius 3 is 2.48 bits per heavy atom. The van der Waals surface area contributed by atoms with E-state index in [0.29, 0.717) is 6.42 Å². The molecule has 2 heterocycles. The van der Waals surface area contributed by atoms with Crippen molar-refractivity contribution in [3.05, 3.63) is 52.2 Å². The highest BCUT2D eigenvalue weighted by Crippen LogP contribution is 2.11. The second-order valence-corrected chi connectivity index (χ2v) is 7.47. The average Bonchev–Trinajstić information content (AvgIpc) is 3.10. The standard InChI is InChI=1S/C19H23N3O2S/c1-15(23)20-17-6-4-16(5-7-17)13-19(24)22-10-8-21(9-11-22)14-18-3-2-12-25-18/h2-7,12H,8-11,13-14H2,1H3,(H,20,23)/p+1. The smallest absolute Gasteiger partial charge is 0.227 e. The van der Waals surface area contributed by atoms with Crippen molar-refractivity contribution in [1.82, 2.24) is 4.90 Å². The SMILES string of the molecule is CC(=O)Nc1ccc(CC(=O)N2CC[NH+](Cc3cccs3)CC2)cc1. The summed E-state index contributed by atoms with van der Waals surface area (Å²) in [4.78, 5) is 28.5. The highest BCUT2D eigenvalue weighted by atomic mass is 32.1. The Balaban J connectivity index is 1.46. The van der Waals surface area contributed by atoms with E-state index in [4.69, 9.17) is 0 Å². The maximum absolute atomic E-state index is 12.5. The van der Waals surface area contributed by atoms with Gasteiger partial charge in [-0.05, 0) is 29.1 Å². The molecule has 0 radical (unpaired) electrons. The summed E-state index contributed by atoms with van der Waals surface area (Å²) in [5.41, 5.74) is 1.74. The number of thiophene rings is 1. The van der Waals surface area contributed by atoms with Crippen molar-refractivity contribution < 1.29 is 14.5 Å². The first-order valence-electron chi connectivity index (χ1n) is 8.60. The van der Waals surface area contributed by atoms with Gasteiger partial charge >= 0.3 is 0 Å². The minimum absolute atomic E-state index is 0.0910. The fourth-order valence-electron chi connectivity index (χ4n) is 3.10. The van der Waals surface area contributed by atoms with Crippen LogP contribution in [0.1, 0.15) is 17.4 Å². The van der Waals surface area contributed by atoms with Crippen molar-refractivity contribution in [3.63, 3.8) is 0 Å². The molecular weight excluding hydrogens is 334 g/mol. The number of rotatable bonds is 5. The van der Waals surface area contributed by atoms with Crippen LogP contribution in [0.25, 0.3) is 0 Å². The van der Waals surface area contributed by atoms with Crippen LogP contribution in [-0.4, -0.2) is 42.9 Å². The molecule has 1 aromatic heterocycles. The summed E-state index contributed by atoms with van der Waals surface area (Å²) in [5, 5.41) is 4.85. The molecule has 0 spiro atoms. The lowest BCUT2D eigenvalue weighted by Gasteiger charge is -2.32. The van der Waals surface area contributed by atoms with Gasteiger partial charge in [0.15, 0.2) is 0 Å². The number of nitrogens with one attached hydrogen (secondary N) is 2. The van der Waals surface area contributed by atoms with E-state index in [1.165, 1.54) is 11.8 Å². The number of hydrogen-bond donors (Lipinski definition) is 2. The molecule has 3 rings (SSSR count). The van der Waals surface area contributed by atoms with E-state index < -0.39 is 0 Å². The molecule has 1 fully saturated rings. The monoisotopic (exact) mass is 358 g/mol. The summed E-state index contributed by atoms with van der Waals surface area (Å²) in [7, 11) is 0. The molecule has 0 bridgehead atoms. The van der Waals surface area contributed by atoms with Gasteiger partial charge in [-0.3, -0.25) is 9.59 Å². The van der Waals surface area contributed by atoms with E-state index in [-0.39, 0.29) is 11.8 Å². The molecule has 1 aliphatic rings. The normalized spacial score (nSPS) is 15.2. The van der Waals surface area contributed by atoms with E-state index in [2.05, 4.69) is 22.8 Å². The molecule has 6 heteroatoms. The van der Waals surface area contributed by atoms with Gasteiger partial charge < -0.3 is 15.1 Å². The minimum atomic E-state index is -0.0910. The molecule has 132 valence electrons. The van der Waals surface area contributed by atoms with E-state index in [9.17, 15) is 9.59 Å². The predicted octanol–water partition coefficient (Wildman–Crippen LogP) is 1.18. The largest absolute Gasteiger partial charge is 0.331 e. The first-order chi connectivity index (χ1) is 12.1. The number of quaternary nitrogens is 1. The summed E-state index contributed by atoms with van der Waals surface area (Å²) in [6.07, 6.45) is 0.417. The molecule has 25 heavy (non-hydrogen) atoms. The minimum Gasteiger partial charge on any atom is -0.331 e. The van der Waals surface area contributed by atoms with Gasteiger partial charge in [-0.25, -0.2) is 0 Å². The number of piperazine rings is 1. The lowest BCUT2D eigenvalue weighted by Crippen LogP contribution is -3.13. The van der Waals surface area contributed by atoms with Crippen molar-refractivity contribution in [2.75, 3.05) is 31.5 Å². The summed E-state index contributed by atoms with van der Waals surface area (Å²) >= 11 is 1.80. The number of nitrogens with zero attached hydrogens (tertiary/aromatic N) is 1. The second-order valence-electron chi connectivity index (χ2n) is 6.44. The number of hydrogen-bond acceptors (Lipinski definition) is 3. The van der Waals surface area contributed by atoms with Crippen molar-refractivity contribution >= 4 is 28.8 Å². The van der Waals surface area contributed by atoms with Crippen LogP contribution in [0.5, 0.6) is 0 Å². The van der Waals surface area contributed by atoms with Gasteiger partial charge in [-0.2, -0.15) is 0 Å². The fourth-order valence-corrected chi connectivity index (χ4v) is 3.88. The topological polar surface area (TPSA) is 53.9 Å².